The molecule has 0 spiro atoms. The van der Waals surface area contributed by atoms with Gasteiger partial charge < -0.3 is 25.0 Å². The standard InChI is InChI=1S/C17H21N3O4S.C13H12N2O3S.C5H11BrO/c18-6-7-24-8-9-25-14-3-1-2-11-12(14)10-20(17(11)23)13-4-5-15(21)19-16(13)22;16-11-5-4-9(12(17)14-11)15-6-8-7(13(15)18)2-1-3-10(8)19;1-2-4-7-5-3-6/h1-3,13H,4-10,18H2,(H,19,21,22);1-3,9,19H,4-6H2,(H,14,16,17);2-5H2,1H3. The van der Waals surface area contributed by atoms with E-state index in [1.807, 2.05) is 18.2 Å². The molecule has 2 aromatic carbocycles. The summed E-state index contributed by atoms with van der Waals surface area (Å²) >= 11 is 9.22. The maximum atomic E-state index is 12.7. The van der Waals surface area contributed by atoms with Crippen LogP contribution in [0.3, 0.4) is 0 Å². The zero-order valence-electron chi connectivity index (χ0n) is 28.5. The van der Waals surface area contributed by atoms with Crippen molar-refractivity contribution in [3.8, 4) is 0 Å². The number of carbonyl (C=O) groups excluding carboxylic acids is 6. The second-order valence-corrected chi connectivity index (χ2v) is 14.3. The molecule has 51 heavy (non-hydrogen) atoms. The number of hydrogen-bond donors (Lipinski definition) is 4. The van der Waals surface area contributed by atoms with Crippen LogP contribution < -0.4 is 16.4 Å². The van der Waals surface area contributed by atoms with Crippen molar-refractivity contribution in [2.75, 3.05) is 44.1 Å². The number of thioether (sulfide) groups is 1. The van der Waals surface area contributed by atoms with Crippen molar-refractivity contribution in [2.45, 2.75) is 74.0 Å². The number of alkyl halides is 1. The zero-order chi connectivity index (χ0) is 36.9. The van der Waals surface area contributed by atoms with Gasteiger partial charge in [0, 0.05) is 71.1 Å². The number of nitrogens with one attached hydrogen (secondary N) is 2. The summed E-state index contributed by atoms with van der Waals surface area (Å²) in [5.41, 5.74) is 8.41. The lowest BCUT2D eigenvalue weighted by Gasteiger charge is -2.29. The predicted octanol–water partition coefficient (Wildman–Crippen LogP) is 3.06. The van der Waals surface area contributed by atoms with E-state index >= 15 is 0 Å². The number of thiol groups is 1. The molecule has 4 aliphatic rings. The Morgan fingerprint density at radius 2 is 1.35 bits per heavy atom. The molecule has 13 nitrogen and oxygen atoms in total. The third kappa shape index (κ3) is 10.6. The van der Waals surface area contributed by atoms with Crippen molar-refractivity contribution in [3.63, 3.8) is 0 Å². The Kier molecular flexibility index (Phi) is 16.0. The lowest BCUT2D eigenvalue weighted by Crippen LogP contribution is -2.52. The Morgan fingerprint density at radius 3 is 1.88 bits per heavy atom. The van der Waals surface area contributed by atoms with E-state index in [1.165, 1.54) is 4.90 Å². The minimum atomic E-state index is -0.580. The highest BCUT2D eigenvalue weighted by molar-refractivity contribution is 9.09. The zero-order valence-corrected chi connectivity index (χ0v) is 31.8. The number of imide groups is 2. The van der Waals surface area contributed by atoms with E-state index in [1.54, 1.807) is 34.9 Å². The molecule has 0 saturated carbocycles. The van der Waals surface area contributed by atoms with Gasteiger partial charge in [-0.2, -0.15) is 0 Å². The van der Waals surface area contributed by atoms with E-state index in [0.717, 1.165) is 51.6 Å². The van der Waals surface area contributed by atoms with E-state index in [4.69, 9.17) is 15.2 Å². The van der Waals surface area contributed by atoms with Gasteiger partial charge in [0.05, 0.1) is 19.8 Å². The van der Waals surface area contributed by atoms with E-state index in [-0.39, 0.29) is 42.4 Å². The van der Waals surface area contributed by atoms with E-state index in [0.29, 0.717) is 56.8 Å². The number of amides is 6. The molecule has 16 heteroatoms. The van der Waals surface area contributed by atoms with Crippen LogP contribution in [0.25, 0.3) is 0 Å². The normalized spacial score (nSPS) is 19.5. The topological polar surface area (TPSA) is 177 Å². The third-order valence-corrected chi connectivity index (χ3v) is 10.2. The highest BCUT2D eigenvalue weighted by Gasteiger charge is 2.41. The molecule has 4 aliphatic heterocycles. The molecule has 0 aliphatic carbocycles. The number of hydrogen-bond acceptors (Lipinski definition) is 11. The minimum Gasteiger partial charge on any atom is -0.381 e. The number of carbonyl (C=O) groups is 6. The first-order valence-electron chi connectivity index (χ1n) is 16.9. The lowest BCUT2D eigenvalue weighted by molar-refractivity contribution is -0.138. The summed E-state index contributed by atoms with van der Waals surface area (Å²) < 4.78 is 10.5. The molecular formula is C35H44BrN5O8S2. The van der Waals surface area contributed by atoms with Crippen LogP contribution in [0.5, 0.6) is 0 Å². The van der Waals surface area contributed by atoms with Crippen LogP contribution in [-0.4, -0.2) is 101 Å². The van der Waals surface area contributed by atoms with Crippen molar-refractivity contribution in [3.05, 3.63) is 58.7 Å². The molecule has 4 N–H and O–H groups in total. The fourth-order valence-corrected chi connectivity index (χ4v) is 7.41. The summed E-state index contributed by atoms with van der Waals surface area (Å²) in [6.07, 6.45) is 2.40. The molecule has 0 aromatic heterocycles. The number of halogens is 1. The van der Waals surface area contributed by atoms with Crippen molar-refractivity contribution in [1.29, 1.82) is 0 Å². The van der Waals surface area contributed by atoms with Gasteiger partial charge in [0.15, 0.2) is 0 Å². The third-order valence-electron chi connectivity index (χ3n) is 8.41. The van der Waals surface area contributed by atoms with Crippen molar-refractivity contribution in [1.82, 2.24) is 20.4 Å². The average Bonchev–Trinajstić information content (AvgIpc) is 3.63. The quantitative estimate of drug-likeness (QED) is 0.0820. The SMILES string of the molecule is CCCOCCBr.NCCOCCSc1cccc2c1CN(C1CCC(=O)NC1=O)C2=O.O=C1CCC(N2Cc3c(S)cccc3C2=O)C(=O)N1. The first-order chi connectivity index (χ1) is 24.6. The predicted molar refractivity (Wildman–Crippen MR) is 198 cm³/mol. The number of benzene rings is 2. The van der Waals surface area contributed by atoms with Gasteiger partial charge >= 0.3 is 0 Å². The summed E-state index contributed by atoms with van der Waals surface area (Å²) in [6.45, 7) is 6.24. The van der Waals surface area contributed by atoms with Crippen LogP contribution in [0.1, 0.15) is 70.9 Å². The fourth-order valence-electron chi connectivity index (χ4n) is 5.96. The van der Waals surface area contributed by atoms with Crippen LogP contribution >= 0.6 is 40.3 Å². The molecule has 2 unspecified atom stereocenters. The van der Waals surface area contributed by atoms with Crippen LogP contribution in [-0.2, 0) is 41.7 Å². The minimum absolute atomic E-state index is 0.147. The monoisotopic (exact) mass is 805 g/mol. The maximum Gasteiger partial charge on any atom is 0.255 e. The molecular weight excluding hydrogens is 762 g/mol. The molecule has 6 amide bonds. The largest absolute Gasteiger partial charge is 0.381 e. The first-order valence-corrected chi connectivity index (χ1v) is 19.4. The fraction of sp³-hybridized carbons (Fsp3) is 0.486. The molecule has 4 heterocycles. The van der Waals surface area contributed by atoms with Gasteiger partial charge in [-0.1, -0.05) is 35.0 Å². The second-order valence-electron chi connectivity index (χ2n) is 11.9. The van der Waals surface area contributed by atoms with Gasteiger partial charge in [0.25, 0.3) is 11.8 Å². The molecule has 0 bridgehead atoms. The number of piperidine rings is 2. The van der Waals surface area contributed by atoms with E-state index < -0.39 is 18.0 Å². The van der Waals surface area contributed by atoms with Crippen LogP contribution in [0.2, 0.25) is 0 Å². The van der Waals surface area contributed by atoms with Crippen molar-refractivity contribution >= 4 is 75.8 Å². The van der Waals surface area contributed by atoms with Gasteiger partial charge in [0.1, 0.15) is 12.1 Å². The van der Waals surface area contributed by atoms with Crippen LogP contribution in [0, 0.1) is 0 Å². The Bertz CT molecular complexity index is 1610. The Morgan fingerprint density at radius 1 is 0.804 bits per heavy atom. The number of ether oxygens (including phenoxy) is 2. The van der Waals surface area contributed by atoms with E-state index in [2.05, 4.69) is 46.1 Å². The first kappa shape index (κ1) is 40.5. The van der Waals surface area contributed by atoms with Gasteiger partial charge in [-0.25, -0.2) is 0 Å². The molecule has 276 valence electrons. The van der Waals surface area contributed by atoms with Crippen molar-refractivity contribution in [2.24, 2.45) is 5.73 Å². The second kappa shape index (κ2) is 20.1. The molecule has 0 radical (unpaired) electrons. The molecule has 2 atom stereocenters. The number of rotatable bonds is 12. The molecule has 2 fully saturated rings. The molecule has 2 saturated heterocycles. The Hall–Kier alpha value is -3.28. The Labute approximate surface area is 315 Å². The summed E-state index contributed by atoms with van der Waals surface area (Å²) in [5.74, 6) is -0.880. The van der Waals surface area contributed by atoms with E-state index in [9.17, 15) is 28.8 Å². The van der Waals surface area contributed by atoms with Gasteiger partial charge in [0.2, 0.25) is 23.6 Å². The summed E-state index contributed by atoms with van der Waals surface area (Å²) in [4.78, 5) is 76.3. The lowest BCUT2D eigenvalue weighted by atomic mass is 10.0. The highest BCUT2D eigenvalue weighted by atomic mass is 79.9. The number of nitrogens with zero attached hydrogens (tertiary/aromatic N) is 2. The maximum absolute atomic E-state index is 12.7. The summed E-state index contributed by atoms with van der Waals surface area (Å²) in [5, 5.41) is 5.55. The number of fused-ring (bicyclic) bond motifs is 2. The highest BCUT2D eigenvalue weighted by Crippen LogP contribution is 2.34. The summed E-state index contributed by atoms with van der Waals surface area (Å²) in [6, 6.07) is 9.81. The van der Waals surface area contributed by atoms with Gasteiger partial charge in [-0.15, -0.1) is 24.4 Å². The van der Waals surface area contributed by atoms with Crippen LogP contribution in [0.15, 0.2) is 46.2 Å². The van der Waals surface area contributed by atoms with Gasteiger partial charge in [-0.3, -0.25) is 39.4 Å². The Balaban J connectivity index is 0.000000198. The number of nitrogens with two attached hydrogens (primary N) is 1. The molecule has 2 aromatic rings. The van der Waals surface area contributed by atoms with Crippen molar-refractivity contribution < 1.29 is 38.2 Å². The average molecular weight is 807 g/mol. The molecule has 6 rings (SSSR count). The van der Waals surface area contributed by atoms with Crippen LogP contribution in [0.4, 0.5) is 0 Å². The smallest absolute Gasteiger partial charge is 0.255 e. The summed E-state index contributed by atoms with van der Waals surface area (Å²) in [7, 11) is 0. The van der Waals surface area contributed by atoms with Gasteiger partial charge in [-0.05, 0) is 54.7 Å².